The molecule has 0 radical (unpaired) electrons. The molecule has 2 aromatic heterocycles. The zero-order chi connectivity index (χ0) is 43.9. The van der Waals surface area contributed by atoms with E-state index in [0.29, 0.717) is 24.3 Å². The van der Waals surface area contributed by atoms with Crippen molar-refractivity contribution in [3.05, 3.63) is 84.5 Å². The van der Waals surface area contributed by atoms with Crippen LogP contribution in [0.3, 0.4) is 0 Å². The minimum atomic E-state index is -1.26. The van der Waals surface area contributed by atoms with Gasteiger partial charge in [-0.05, 0) is 52.2 Å². The number of aromatic nitrogens is 4. The third-order valence-electron chi connectivity index (χ3n) is 9.45. The summed E-state index contributed by atoms with van der Waals surface area (Å²) in [5, 5.41) is 31.2. The van der Waals surface area contributed by atoms with Gasteiger partial charge in [-0.3, -0.25) is 9.80 Å². The molecule has 2 aliphatic heterocycles. The van der Waals surface area contributed by atoms with E-state index in [0.717, 1.165) is 128 Å². The van der Waals surface area contributed by atoms with Gasteiger partial charge in [0.1, 0.15) is 11.6 Å². The van der Waals surface area contributed by atoms with Crippen molar-refractivity contribution in [2.24, 2.45) is 0 Å². The number of benzene rings is 2. The average Bonchev–Trinajstić information content (AvgIpc) is 3.75. The van der Waals surface area contributed by atoms with Gasteiger partial charge in [-0.1, -0.05) is 24.3 Å². The molecule has 0 spiro atoms. The minimum Gasteiger partial charge on any atom is -0.478 e. The van der Waals surface area contributed by atoms with E-state index in [9.17, 15) is 19.2 Å². The molecule has 4 heterocycles. The number of fused-ring (bicyclic) bond motifs is 2. The van der Waals surface area contributed by atoms with Crippen molar-refractivity contribution in [2.45, 2.75) is 40.0 Å². The molecule has 19 nitrogen and oxygen atoms in total. The van der Waals surface area contributed by atoms with Gasteiger partial charge in [0.2, 0.25) is 0 Å². The van der Waals surface area contributed by atoms with Crippen LogP contribution >= 0.6 is 0 Å². The van der Waals surface area contributed by atoms with Crippen LogP contribution in [0.4, 0.5) is 0 Å². The molecule has 19 heteroatoms. The molecule has 0 unspecified atom stereocenters. The van der Waals surface area contributed by atoms with Crippen molar-refractivity contribution in [3.63, 3.8) is 0 Å². The number of likely N-dealkylation sites (N-methyl/N-ethyl adjacent to an activating group) is 2. The Morgan fingerprint density at radius 1 is 0.557 bits per heavy atom. The first-order valence-electron chi connectivity index (χ1n) is 19.9. The molecule has 61 heavy (non-hydrogen) atoms. The first-order valence-corrected chi connectivity index (χ1v) is 19.9. The summed E-state index contributed by atoms with van der Waals surface area (Å²) in [5.74, 6) is -2.71. The Kier molecular flexibility index (Phi) is 23.7. The molecule has 0 saturated carbocycles. The zero-order valence-electron chi connectivity index (χ0n) is 35.6. The standard InChI is InChI=1S/2C17H26N4O.2C4H4O4.H2O/c2*1-3-22-13-12-21-16-7-5-4-6-15(16)18-17(21)14-20-10-8-19(2)9-11-20;2*5-3(6)1-2-4(7)8;/h2*4-7H,3,8-14H2,1-2H3;2*1-2H,(H,5,6)(H,7,8);1H2/b;;2*2-1+;. The Morgan fingerprint density at radius 3 is 1.16 bits per heavy atom. The van der Waals surface area contributed by atoms with Gasteiger partial charge in [0, 0.05) is 103 Å². The second-order valence-electron chi connectivity index (χ2n) is 13.9. The summed E-state index contributed by atoms with van der Waals surface area (Å²) in [6, 6.07) is 16.8. The van der Waals surface area contributed by atoms with Gasteiger partial charge in [-0.15, -0.1) is 0 Å². The molecule has 0 bridgehead atoms. The maximum atomic E-state index is 9.55. The van der Waals surface area contributed by atoms with Crippen LogP contribution in [0.1, 0.15) is 25.5 Å². The van der Waals surface area contributed by atoms with E-state index in [1.165, 1.54) is 11.0 Å². The number of carbonyl (C=O) groups is 4. The van der Waals surface area contributed by atoms with E-state index in [1.54, 1.807) is 0 Å². The summed E-state index contributed by atoms with van der Waals surface area (Å²) in [6.07, 6.45) is 2.23. The fourth-order valence-electron chi connectivity index (χ4n) is 6.29. The Labute approximate surface area is 356 Å². The molecule has 0 aliphatic carbocycles. The highest BCUT2D eigenvalue weighted by molar-refractivity contribution is 5.90. The van der Waals surface area contributed by atoms with Gasteiger partial charge in [0.05, 0.1) is 48.4 Å². The molecule has 2 aliphatic rings. The Morgan fingerprint density at radius 2 is 0.869 bits per heavy atom. The second kappa shape index (κ2) is 28.1. The number of hydrogen-bond donors (Lipinski definition) is 4. The maximum Gasteiger partial charge on any atom is 0.328 e. The smallest absolute Gasteiger partial charge is 0.328 e. The molecule has 0 atom stereocenters. The summed E-state index contributed by atoms with van der Waals surface area (Å²) in [5.41, 5.74) is 4.60. The Bertz CT molecular complexity index is 1820. The quantitative estimate of drug-likeness (QED) is 0.0932. The van der Waals surface area contributed by atoms with Crippen LogP contribution in [-0.4, -0.2) is 181 Å². The third-order valence-corrected chi connectivity index (χ3v) is 9.45. The Balaban J connectivity index is 0.000000309. The lowest BCUT2D eigenvalue weighted by molar-refractivity contribution is -0.134. The fraction of sp³-hybridized carbons (Fsp3) is 0.476. The third kappa shape index (κ3) is 19.2. The van der Waals surface area contributed by atoms with Crippen molar-refractivity contribution >= 4 is 45.9 Å². The molecule has 0 amide bonds. The van der Waals surface area contributed by atoms with Crippen LogP contribution in [0, 0.1) is 0 Å². The van der Waals surface area contributed by atoms with Crippen molar-refractivity contribution in [3.8, 4) is 0 Å². The lowest BCUT2D eigenvalue weighted by Gasteiger charge is -2.32. The SMILES string of the molecule is CCOCCn1c(CN2CCN(C)CC2)nc2ccccc21.CCOCCn1c(CN2CCN(C)CC2)nc2ccccc21.O.O=C(O)/C=C/C(=O)O.O=C(O)/C=C/C(=O)O. The van der Waals surface area contributed by atoms with Crippen LogP contribution in [0.2, 0.25) is 0 Å². The molecule has 2 fully saturated rings. The first-order chi connectivity index (χ1) is 28.8. The normalized spacial score (nSPS) is 15.0. The van der Waals surface area contributed by atoms with Crippen molar-refractivity contribution < 1.29 is 54.6 Å². The number of nitrogens with zero attached hydrogens (tertiary/aromatic N) is 8. The number of carboxylic acids is 4. The van der Waals surface area contributed by atoms with E-state index in [1.807, 2.05) is 13.8 Å². The molecule has 336 valence electrons. The number of para-hydroxylation sites is 4. The minimum absolute atomic E-state index is 0. The Hall–Kier alpha value is -5.54. The summed E-state index contributed by atoms with van der Waals surface area (Å²) in [7, 11) is 4.38. The van der Waals surface area contributed by atoms with E-state index in [4.69, 9.17) is 39.9 Å². The highest BCUT2D eigenvalue weighted by Gasteiger charge is 2.19. The number of rotatable bonds is 16. The van der Waals surface area contributed by atoms with Crippen LogP contribution in [-0.2, 0) is 54.8 Å². The van der Waals surface area contributed by atoms with Gasteiger partial charge in [0.25, 0.3) is 0 Å². The summed E-state index contributed by atoms with van der Waals surface area (Å²) < 4.78 is 15.7. The first kappa shape index (κ1) is 51.6. The number of ether oxygens (including phenoxy) is 2. The molecular formula is C42H62N8O11. The zero-order valence-corrected chi connectivity index (χ0v) is 35.6. The summed E-state index contributed by atoms with van der Waals surface area (Å²) in [6.45, 7) is 19.7. The maximum absolute atomic E-state index is 9.55. The van der Waals surface area contributed by atoms with Gasteiger partial charge in [0.15, 0.2) is 0 Å². The van der Waals surface area contributed by atoms with Crippen molar-refractivity contribution in [1.29, 1.82) is 0 Å². The van der Waals surface area contributed by atoms with E-state index in [-0.39, 0.29) is 5.48 Å². The number of piperazine rings is 2. The number of carboxylic acid groups (broad SMARTS) is 4. The van der Waals surface area contributed by atoms with E-state index in [2.05, 4.69) is 91.4 Å². The predicted molar refractivity (Wildman–Crippen MR) is 230 cm³/mol. The lowest BCUT2D eigenvalue weighted by atomic mass is 10.3. The van der Waals surface area contributed by atoms with Crippen LogP contribution in [0.25, 0.3) is 22.1 Å². The molecule has 2 aromatic carbocycles. The van der Waals surface area contributed by atoms with Crippen LogP contribution in [0.5, 0.6) is 0 Å². The fourth-order valence-corrected chi connectivity index (χ4v) is 6.29. The van der Waals surface area contributed by atoms with Gasteiger partial charge >= 0.3 is 23.9 Å². The topological polar surface area (TPSA) is 248 Å². The molecule has 4 aromatic rings. The highest BCUT2D eigenvalue weighted by Crippen LogP contribution is 2.19. The number of imidazole rings is 2. The average molecular weight is 855 g/mol. The highest BCUT2D eigenvalue weighted by atomic mass is 16.5. The molecule has 2 saturated heterocycles. The summed E-state index contributed by atoms with van der Waals surface area (Å²) >= 11 is 0. The largest absolute Gasteiger partial charge is 0.478 e. The molecule has 6 rings (SSSR count). The van der Waals surface area contributed by atoms with Gasteiger partial charge < -0.3 is 54.3 Å². The van der Waals surface area contributed by atoms with Gasteiger partial charge in [-0.25, -0.2) is 29.1 Å². The monoisotopic (exact) mass is 854 g/mol. The van der Waals surface area contributed by atoms with E-state index < -0.39 is 23.9 Å². The summed E-state index contributed by atoms with van der Waals surface area (Å²) in [4.78, 5) is 57.7. The number of aliphatic carboxylic acids is 4. The van der Waals surface area contributed by atoms with E-state index >= 15 is 0 Å². The van der Waals surface area contributed by atoms with Gasteiger partial charge in [-0.2, -0.15) is 0 Å². The molecule has 6 N–H and O–H groups in total. The number of hydrogen-bond acceptors (Lipinski definition) is 12. The van der Waals surface area contributed by atoms with Crippen molar-refractivity contribution in [1.82, 2.24) is 38.7 Å². The predicted octanol–water partition coefficient (Wildman–Crippen LogP) is 2.24. The van der Waals surface area contributed by atoms with Crippen LogP contribution in [0.15, 0.2) is 72.8 Å². The van der Waals surface area contributed by atoms with Crippen LogP contribution < -0.4 is 0 Å². The lowest BCUT2D eigenvalue weighted by Crippen LogP contribution is -2.44. The molecular weight excluding hydrogens is 793 g/mol. The second-order valence-corrected chi connectivity index (χ2v) is 13.9. The van der Waals surface area contributed by atoms with Crippen molar-refractivity contribution in [2.75, 3.05) is 92.9 Å².